The molecule has 1 aromatic heterocycles. The van der Waals surface area contributed by atoms with Gasteiger partial charge < -0.3 is 4.74 Å². The zero-order valence-corrected chi connectivity index (χ0v) is 11.8. The van der Waals surface area contributed by atoms with E-state index in [1.54, 1.807) is 13.2 Å². The van der Waals surface area contributed by atoms with Gasteiger partial charge in [0.2, 0.25) is 0 Å². The number of hydrogen-bond donors (Lipinski definition) is 0. The fourth-order valence-corrected chi connectivity index (χ4v) is 2.27. The van der Waals surface area contributed by atoms with Crippen molar-refractivity contribution >= 4 is 19.7 Å². The van der Waals surface area contributed by atoms with Gasteiger partial charge in [-0.25, -0.2) is 17.2 Å². The summed E-state index contributed by atoms with van der Waals surface area (Å²) < 4.78 is 55.8. The van der Waals surface area contributed by atoms with Gasteiger partial charge in [0, 0.05) is 29.5 Å². The predicted octanol–water partition coefficient (Wildman–Crippen LogP) is 2.20. The summed E-state index contributed by atoms with van der Waals surface area (Å²) in [6, 6.07) is 1.20. The highest BCUT2D eigenvalue weighted by molar-refractivity contribution is 8.13. The summed E-state index contributed by atoms with van der Waals surface area (Å²) in [4.78, 5) is -0.664. The second-order valence-electron chi connectivity index (χ2n) is 3.96. The third-order valence-corrected chi connectivity index (χ3v) is 3.73. The lowest BCUT2D eigenvalue weighted by molar-refractivity contribution is 0.273. The topological polar surface area (TPSA) is 61.2 Å². The Kier molecular flexibility index (Phi) is 3.96. The minimum absolute atomic E-state index is 0.103. The summed E-state index contributed by atoms with van der Waals surface area (Å²) in [5.41, 5.74) is 0.611. The molecule has 0 aliphatic heterocycles. The molecular weight excluding hydrogens is 314 g/mol. The van der Waals surface area contributed by atoms with Crippen molar-refractivity contribution < 1.29 is 21.9 Å². The fourth-order valence-electron chi connectivity index (χ4n) is 1.52. The Balaban J connectivity index is 2.25. The van der Waals surface area contributed by atoms with E-state index in [1.165, 1.54) is 10.9 Å². The number of aryl methyl sites for hydroxylation is 1. The maximum atomic E-state index is 13.6. The largest absolute Gasteiger partial charge is 0.483 e. The molecule has 0 aliphatic rings. The van der Waals surface area contributed by atoms with Crippen molar-refractivity contribution in [1.82, 2.24) is 9.78 Å². The third kappa shape index (κ3) is 3.26. The molecule has 2 aromatic rings. The monoisotopic (exact) mass is 322 g/mol. The van der Waals surface area contributed by atoms with Crippen molar-refractivity contribution in [3.8, 4) is 5.75 Å². The first kappa shape index (κ1) is 14.7. The van der Waals surface area contributed by atoms with E-state index >= 15 is 0 Å². The van der Waals surface area contributed by atoms with Crippen molar-refractivity contribution in [2.45, 2.75) is 11.5 Å². The van der Waals surface area contributed by atoms with Crippen LogP contribution in [-0.2, 0) is 22.7 Å². The molecule has 0 spiro atoms. The van der Waals surface area contributed by atoms with Gasteiger partial charge in [-0.15, -0.1) is 0 Å². The number of halogens is 3. The molecule has 0 amide bonds. The number of rotatable bonds is 4. The van der Waals surface area contributed by atoms with Gasteiger partial charge in [0.1, 0.15) is 6.61 Å². The SMILES string of the molecule is Cn1cc(COc2c(F)cc(S(=O)(=O)Cl)cc2F)cn1. The third-order valence-electron chi connectivity index (χ3n) is 2.39. The molecule has 0 fully saturated rings. The van der Waals surface area contributed by atoms with Crippen molar-refractivity contribution in [2.24, 2.45) is 7.05 Å². The number of benzene rings is 1. The van der Waals surface area contributed by atoms with Crippen LogP contribution in [0.5, 0.6) is 5.75 Å². The zero-order chi connectivity index (χ0) is 14.9. The van der Waals surface area contributed by atoms with Gasteiger partial charge >= 0.3 is 0 Å². The Bertz CT molecular complexity index is 723. The first-order chi connectivity index (χ1) is 9.27. The molecule has 5 nitrogen and oxygen atoms in total. The van der Waals surface area contributed by atoms with E-state index in [4.69, 9.17) is 15.4 Å². The maximum absolute atomic E-state index is 13.6. The van der Waals surface area contributed by atoms with E-state index in [9.17, 15) is 17.2 Å². The average Bonchev–Trinajstić information content (AvgIpc) is 2.72. The van der Waals surface area contributed by atoms with Crippen LogP contribution in [0.3, 0.4) is 0 Å². The smallest absolute Gasteiger partial charge is 0.261 e. The van der Waals surface area contributed by atoms with Crippen LogP contribution in [0.1, 0.15) is 5.56 Å². The molecule has 0 N–H and O–H groups in total. The summed E-state index contributed by atoms with van der Waals surface area (Å²) in [6.07, 6.45) is 3.10. The van der Waals surface area contributed by atoms with Gasteiger partial charge in [0.15, 0.2) is 17.4 Å². The van der Waals surface area contributed by atoms with Gasteiger partial charge in [-0.05, 0) is 12.1 Å². The second-order valence-corrected chi connectivity index (χ2v) is 6.53. The Morgan fingerprint density at radius 1 is 1.35 bits per heavy atom. The second kappa shape index (κ2) is 5.37. The Morgan fingerprint density at radius 2 is 1.95 bits per heavy atom. The van der Waals surface area contributed by atoms with E-state index in [-0.39, 0.29) is 6.61 Å². The lowest BCUT2D eigenvalue weighted by atomic mass is 10.3. The molecule has 20 heavy (non-hydrogen) atoms. The first-order valence-electron chi connectivity index (χ1n) is 5.31. The van der Waals surface area contributed by atoms with Gasteiger partial charge in [-0.1, -0.05) is 0 Å². The van der Waals surface area contributed by atoms with Gasteiger partial charge in [0.05, 0.1) is 11.1 Å². The molecule has 1 heterocycles. The molecule has 0 radical (unpaired) electrons. The van der Waals surface area contributed by atoms with Crippen molar-refractivity contribution in [2.75, 3.05) is 0 Å². The maximum Gasteiger partial charge on any atom is 0.261 e. The predicted molar refractivity (Wildman–Crippen MR) is 66.9 cm³/mol. The number of hydrogen-bond acceptors (Lipinski definition) is 4. The molecular formula is C11H9ClF2N2O3S. The van der Waals surface area contributed by atoms with Crippen LogP contribution in [-0.4, -0.2) is 18.2 Å². The molecule has 108 valence electrons. The van der Waals surface area contributed by atoms with Crippen molar-refractivity contribution in [3.63, 3.8) is 0 Å². The highest BCUT2D eigenvalue weighted by Gasteiger charge is 2.19. The highest BCUT2D eigenvalue weighted by atomic mass is 35.7. The lowest BCUT2D eigenvalue weighted by Gasteiger charge is -2.08. The van der Waals surface area contributed by atoms with E-state index in [0.717, 1.165) is 0 Å². The Hall–Kier alpha value is -1.67. The molecule has 0 aliphatic carbocycles. The molecule has 1 aromatic carbocycles. The molecule has 0 saturated heterocycles. The van der Waals surface area contributed by atoms with Crippen LogP contribution in [0, 0.1) is 11.6 Å². The lowest BCUT2D eigenvalue weighted by Crippen LogP contribution is -2.02. The standard InChI is InChI=1S/C11H9ClF2N2O3S/c1-16-5-7(4-15-16)6-19-11-9(13)2-8(3-10(11)14)20(12,17)18/h2-5H,6H2,1H3. The minimum atomic E-state index is -4.21. The Morgan fingerprint density at radius 3 is 2.40 bits per heavy atom. The van der Waals surface area contributed by atoms with Crippen LogP contribution >= 0.6 is 10.7 Å². The van der Waals surface area contributed by atoms with Crippen molar-refractivity contribution in [1.29, 1.82) is 0 Å². The summed E-state index contributed by atoms with van der Waals surface area (Å²) in [5.74, 6) is -2.96. The van der Waals surface area contributed by atoms with Crippen LogP contribution in [0.4, 0.5) is 8.78 Å². The normalized spacial score (nSPS) is 11.6. The van der Waals surface area contributed by atoms with E-state index in [0.29, 0.717) is 17.7 Å². The van der Waals surface area contributed by atoms with Gasteiger partial charge in [0.25, 0.3) is 9.05 Å². The van der Waals surface area contributed by atoms with Crippen LogP contribution < -0.4 is 4.74 Å². The van der Waals surface area contributed by atoms with E-state index in [2.05, 4.69) is 5.10 Å². The van der Waals surface area contributed by atoms with Crippen LogP contribution in [0.15, 0.2) is 29.4 Å². The molecule has 9 heteroatoms. The van der Waals surface area contributed by atoms with E-state index in [1.807, 2.05) is 0 Å². The van der Waals surface area contributed by atoms with Crippen molar-refractivity contribution in [3.05, 3.63) is 41.7 Å². The van der Waals surface area contributed by atoms with E-state index < -0.39 is 31.3 Å². The number of ether oxygens (including phenoxy) is 1. The quantitative estimate of drug-likeness (QED) is 0.810. The molecule has 0 saturated carbocycles. The van der Waals surface area contributed by atoms with Crippen LogP contribution in [0.2, 0.25) is 0 Å². The molecule has 0 atom stereocenters. The minimum Gasteiger partial charge on any atom is -0.483 e. The summed E-state index contributed by atoms with van der Waals surface area (Å²) in [6.45, 7) is -0.103. The number of nitrogens with zero attached hydrogens (tertiary/aromatic N) is 2. The summed E-state index contributed by atoms with van der Waals surface area (Å²) in [5, 5.41) is 3.87. The molecule has 2 rings (SSSR count). The Labute approximate surface area is 118 Å². The number of aromatic nitrogens is 2. The van der Waals surface area contributed by atoms with Gasteiger partial charge in [-0.3, -0.25) is 4.68 Å². The first-order valence-corrected chi connectivity index (χ1v) is 7.62. The van der Waals surface area contributed by atoms with Gasteiger partial charge in [-0.2, -0.15) is 5.10 Å². The fraction of sp³-hybridized carbons (Fsp3) is 0.182. The molecule has 0 unspecified atom stereocenters. The molecule has 0 bridgehead atoms. The summed E-state index contributed by atoms with van der Waals surface area (Å²) in [7, 11) is 2.50. The highest BCUT2D eigenvalue weighted by Crippen LogP contribution is 2.27. The van der Waals surface area contributed by atoms with Crippen LogP contribution in [0.25, 0.3) is 0 Å². The zero-order valence-electron chi connectivity index (χ0n) is 10.2. The summed E-state index contributed by atoms with van der Waals surface area (Å²) >= 11 is 0. The average molecular weight is 323 g/mol.